The molecule has 1 fully saturated rings. The molecule has 0 spiro atoms. The average Bonchev–Trinajstić information content (AvgIpc) is 2.86. The molecule has 0 aromatic carbocycles. The Morgan fingerprint density at radius 1 is 1.59 bits per heavy atom. The fourth-order valence-electron chi connectivity index (χ4n) is 2.63. The van der Waals surface area contributed by atoms with Crippen LogP contribution < -0.4 is 10.6 Å². The zero-order valence-corrected chi connectivity index (χ0v) is 10.0. The molecule has 2 atom stereocenters. The van der Waals surface area contributed by atoms with Crippen LogP contribution in [0.1, 0.15) is 24.8 Å². The van der Waals surface area contributed by atoms with Crippen molar-refractivity contribution in [1.82, 2.24) is 10.2 Å². The third-order valence-corrected chi connectivity index (χ3v) is 3.57. The fraction of sp³-hybridized carbons (Fsp3) is 0.583. The molecule has 5 nitrogen and oxygen atoms in total. The van der Waals surface area contributed by atoms with Gasteiger partial charge in [-0.15, -0.1) is 5.10 Å². The Kier molecular flexibility index (Phi) is 3.55. The van der Waals surface area contributed by atoms with Gasteiger partial charge in [0, 0.05) is 13.1 Å². The second-order valence-corrected chi connectivity index (χ2v) is 4.49. The molecule has 90 valence electrons. The second-order valence-electron chi connectivity index (χ2n) is 4.49. The maximum atomic E-state index is 9.06. The molecule has 0 bridgehead atoms. The van der Waals surface area contributed by atoms with Crippen molar-refractivity contribution >= 4 is 5.82 Å². The molecular formula is C12H17N5. The SMILES string of the molecule is CN(c1nnccc1C#N)C1CCCC1CN. The highest BCUT2D eigenvalue weighted by Gasteiger charge is 2.31. The van der Waals surface area contributed by atoms with E-state index in [2.05, 4.69) is 21.2 Å². The van der Waals surface area contributed by atoms with Crippen LogP contribution in [0, 0.1) is 17.2 Å². The lowest BCUT2D eigenvalue weighted by molar-refractivity contribution is 0.471. The molecule has 0 aliphatic heterocycles. The number of anilines is 1. The number of hydrogen-bond donors (Lipinski definition) is 1. The topological polar surface area (TPSA) is 78.8 Å². The Balaban J connectivity index is 2.25. The van der Waals surface area contributed by atoms with E-state index in [-0.39, 0.29) is 0 Å². The highest BCUT2D eigenvalue weighted by atomic mass is 15.3. The smallest absolute Gasteiger partial charge is 0.169 e. The van der Waals surface area contributed by atoms with Crippen LogP contribution in [0.4, 0.5) is 5.82 Å². The van der Waals surface area contributed by atoms with Crippen molar-refractivity contribution in [2.45, 2.75) is 25.3 Å². The summed E-state index contributed by atoms with van der Waals surface area (Å²) >= 11 is 0. The summed E-state index contributed by atoms with van der Waals surface area (Å²) in [5.41, 5.74) is 6.36. The molecule has 2 rings (SSSR count). The molecule has 1 aromatic rings. The summed E-state index contributed by atoms with van der Waals surface area (Å²) in [4.78, 5) is 2.07. The van der Waals surface area contributed by atoms with Crippen molar-refractivity contribution in [3.8, 4) is 6.07 Å². The Bertz CT molecular complexity index is 425. The van der Waals surface area contributed by atoms with Gasteiger partial charge >= 0.3 is 0 Å². The van der Waals surface area contributed by atoms with E-state index in [1.165, 1.54) is 6.42 Å². The molecule has 2 unspecified atom stereocenters. The van der Waals surface area contributed by atoms with Gasteiger partial charge in [-0.2, -0.15) is 10.4 Å². The van der Waals surface area contributed by atoms with Crippen molar-refractivity contribution in [2.75, 3.05) is 18.5 Å². The quantitative estimate of drug-likeness (QED) is 0.836. The Morgan fingerprint density at radius 3 is 3.12 bits per heavy atom. The van der Waals surface area contributed by atoms with Crippen LogP contribution in [0.5, 0.6) is 0 Å². The van der Waals surface area contributed by atoms with Crippen molar-refractivity contribution in [2.24, 2.45) is 11.7 Å². The number of hydrogen-bond acceptors (Lipinski definition) is 5. The first-order valence-corrected chi connectivity index (χ1v) is 5.92. The summed E-state index contributed by atoms with van der Waals surface area (Å²) in [5, 5.41) is 17.0. The fourth-order valence-corrected chi connectivity index (χ4v) is 2.63. The summed E-state index contributed by atoms with van der Waals surface area (Å²) in [6.45, 7) is 0.692. The van der Waals surface area contributed by atoms with E-state index in [1.54, 1.807) is 12.3 Å². The summed E-state index contributed by atoms with van der Waals surface area (Å²) in [5.74, 6) is 1.16. The van der Waals surface area contributed by atoms with E-state index < -0.39 is 0 Å². The highest BCUT2D eigenvalue weighted by Crippen LogP contribution is 2.31. The predicted molar refractivity (Wildman–Crippen MR) is 65.3 cm³/mol. The number of nitrogens with two attached hydrogens (primary N) is 1. The van der Waals surface area contributed by atoms with Crippen LogP contribution in [0.25, 0.3) is 0 Å². The first kappa shape index (κ1) is 11.8. The van der Waals surface area contributed by atoms with Crippen LogP contribution in [-0.4, -0.2) is 29.8 Å². The molecule has 5 heteroatoms. The van der Waals surface area contributed by atoms with Gasteiger partial charge in [0.05, 0.1) is 11.8 Å². The lowest BCUT2D eigenvalue weighted by Gasteiger charge is -2.30. The Labute approximate surface area is 101 Å². The Hall–Kier alpha value is -1.67. The van der Waals surface area contributed by atoms with E-state index in [9.17, 15) is 0 Å². The molecule has 2 N–H and O–H groups in total. The van der Waals surface area contributed by atoms with Gasteiger partial charge in [0.1, 0.15) is 6.07 Å². The van der Waals surface area contributed by atoms with Gasteiger partial charge in [-0.3, -0.25) is 0 Å². The molecule has 1 aromatic heterocycles. The molecular weight excluding hydrogens is 214 g/mol. The predicted octanol–water partition coefficient (Wildman–Crippen LogP) is 0.912. The average molecular weight is 231 g/mol. The van der Waals surface area contributed by atoms with Gasteiger partial charge in [-0.1, -0.05) is 6.42 Å². The number of rotatable bonds is 3. The van der Waals surface area contributed by atoms with Gasteiger partial charge < -0.3 is 10.6 Å². The van der Waals surface area contributed by atoms with Gasteiger partial charge in [0.2, 0.25) is 0 Å². The third-order valence-electron chi connectivity index (χ3n) is 3.57. The summed E-state index contributed by atoms with van der Waals surface area (Å²) in [6.07, 6.45) is 5.01. The molecule has 0 radical (unpaired) electrons. The first-order chi connectivity index (χ1) is 8.27. The van der Waals surface area contributed by atoms with E-state index >= 15 is 0 Å². The Morgan fingerprint density at radius 2 is 2.41 bits per heavy atom. The zero-order chi connectivity index (χ0) is 12.3. The van der Waals surface area contributed by atoms with Crippen LogP contribution in [-0.2, 0) is 0 Å². The number of aromatic nitrogens is 2. The molecule has 1 saturated carbocycles. The molecule has 1 aliphatic carbocycles. The molecule has 0 saturated heterocycles. The van der Waals surface area contributed by atoms with Crippen molar-refractivity contribution in [3.63, 3.8) is 0 Å². The van der Waals surface area contributed by atoms with Crippen LogP contribution in [0.2, 0.25) is 0 Å². The number of nitrogens with zero attached hydrogens (tertiary/aromatic N) is 4. The summed E-state index contributed by atoms with van der Waals surface area (Å²) < 4.78 is 0. The maximum Gasteiger partial charge on any atom is 0.169 e. The van der Waals surface area contributed by atoms with Gasteiger partial charge in [-0.05, 0) is 31.4 Å². The highest BCUT2D eigenvalue weighted by molar-refractivity contribution is 5.52. The molecule has 17 heavy (non-hydrogen) atoms. The van der Waals surface area contributed by atoms with Gasteiger partial charge in [-0.25, -0.2) is 0 Å². The summed E-state index contributed by atoms with van der Waals surface area (Å²) in [6, 6.07) is 4.24. The van der Waals surface area contributed by atoms with Crippen LogP contribution >= 0.6 is 0 Å². The van der Waals surface area contributed by atoms with Crippen molar-refractivity contribution in [3.05, 3.63) is 17.8 Å². The van der Waals surface area contributed by atoms with Crippen LogP contribution in [0.3, 0.4) is 0 Å². The minimum absolute atomic E-state index is 0.379. The normalized spacial score (nSPS) is 23.4. The van der Waals surface area contributed by atoms with Crippen molar-refractivity contribution < 1.29 is 0 Å². The lowest BCUT2D eigenvalue weighted by Crippen LogP contribution is -2.38. The lowest BCUT2D eigenvalue weighted by atomic mass is 10.0. The maximum absolute atomic E-state index is 9.06. The first-order valence-electron chi connectivity index (χ1n) is 5.92. The monoisotopic (exact) mass is 231 g/mol. The molecule has 0 amide bonds. The van der Waals surface area contributed by atoms with Gasteiger partial charge in [0.25, 0.3) is 0 Å². The zero-order valence-electron chi connectivity index (χ0n) is 10.0. The minimum atomic E-state index is 0.379. The second kappa shape index (κ2) is 5.11. The van der Waals surface area contributed by atoms with E-state index in [0.717, 1.165) is 12.8 Å². The standard InChI is InChI=1S/C12H17N5/c1-17(11-4-2-3-9(11)7-13)12-10(8-14)5-6-15-16-12/h5-6,9,11H,2-4,7,13H2,1H3. The van der Waals surface area contributed by atoms with Crippen LogP contribution in [0.15, 0.2) is 12.3 Å². The molecule has 1 heterocycles. The van der Waals surface area contributed by atoms with E-state index in [1.807, 2.05) is 7.05 Å². The van der Waals surface area contributed by atoms with E-state index in [4.69, 9.17) is 11.0 Å². The summed E-state index contributed by atoms with van der Waals surface area (Å²) in [7, 11) is 1.98. The third kappa shape index (κ3) is 2.22. The van der Waals surface area contributed by atoms with Crippen molar-refractivity contribution in [1.29, 1.82) is 5.26 Å². The van der Waals surface area contributed by atoms with Gasteiger partial charge in [0.15, 0.2) is 5.82 Å². The van der Waals surface area contributed by atoms with E-state index in [0.29, 0.717) is 29.9 Å². The molecule has 1 aliphatic rings. The minimum Gasteiger partial charge on any atom is -0.354 e. The number of nitriles is 1. The largest absolute Gasteiger partial charge is 0.354 e.